The number of hydrogen-bond acceptors (Lipinski definition) is 1. The van der Waals surface area contributed by atoms with Gasteiger partial charge in [-0.3, -0.25) is 4.79 Å². The number of carbonyl (C=O) groups is 1. The van der Waals surface area contributed by atoms with Crippen molar-refractivity contribution >= 4 is 17.5 Å². The summed E-state index contributed by atoms with van der Waals surface area (Å²) in [5.41, 5.74) is 1.07. The van der Waals surface area contributed by atoms with Crippen molar-refractivity contribution in [2.24, 2.45) is 5.92 Å². The summed E-state index contributed by atoms with van der Waals surface area (Å²) in [7, 11) is 0. The molecule has 1 aliphatic rings. The molecule has 0 saturated carbocycles. The normalized spacial score (nSPS) is 18.3. The maximum Gasteiger partial charge on any atom is 0.220 e. The maximum atomic E-state index is 11.7. The van der Waals surface area contributed by atoms with Crippen LogP contribution in [0.15, 0.2) is 36.4 Å². The molecule has 0 bridgehead atoms. The highest BCUT2D eigenvalue weighted by atomic mass is 35.5. The molecule has 0 saturated heterocycles. The van der Waals surface area contributed by atoms with Gasteiger partial charge in [-0.15, -0.1) is 0 Å². The number of hydrogen-bond donors (Lipinski definition) is 1. The van der Waals surface area contributed by atoms with E-state index < -0.39 is 0 Å². The van der Waals surface area contributed by atoms with Crippen LogP contribution in [0.25, 0.3) is 0 Å². The average Bonchev–Trinajstić information content (AvgIpc) is 2.81. The van der Waals surface area contributed by atoms with Crippen molar-refractivity contribution < 1.29 is 4.79 Å². The summed E-state index contributed by atoms with van der Waals surface area (Å²) < 4.78 is 0. The molecule has 90 valence electrons. The number of allylic oxidation sites excluding steroid dienone is 2. The van der Waals surface area contributed by atoms with Crippen molar-refractivity contribution in [2.75, 3.05) is 0 Å². The number of halogens is 1. The third-order valence-corrected chi connectivity index (χ3v) is 3.21. The van der Waals surface area contributed by atoms with Gasteiger partial charge in [-0.25, -0.2) is 0 Å². The zero-order valence-electron chi connectivity index (χ0n) is 9.66. The van der Waals surface area contributed by atoms with Gasteiger partial charge in [0.2, 0.25) is 5.91 Å². The van der Waals surface area contributed by atoms with Gasteiger partial charge < -0.3 is 5.32 Å². The third-order valence-electron chi connectivity index (χ3n) is 2.96. The van der Waals surface area contributed by atoms with E-state index in [-0.39, 0.29) is 5.91 Å². The predicted molar refractivity (Wildman–Crippen MR) is 69.8 cm³/mol. The van der Waals surface area contributed by atoms with Crippen LogP contribution in [0.4, 0.5) is 0 Å². The van der Waals surface area contributed by atoms with Crippen LogP contribution in [-0.4, -0.2) is 5.91 Å². The van der Waals surface area contributed by atoms with E-state index in [1.54, 1.807) is 0 Å². The first kappa shape index (κ1) is 12.2. The Morgan fingerprint density at radius 1 is 1.35 bits per heavy atom. The van der Waals surface area contributed by atoms with Crippen LogP contribution < -0.4 is 5.32 Å². The van der Waals surface area contributed by atoms with Gasteiger partial charge in [0, 0.05) is 18.0 Å². The highest BCUT2D eigenvalue weighted by Crippen LogP contribution is 2.20. The Balaban J connectivity index is 1.75. The highest BCUT2D eigenvalue weighted by molar-refractivity contribution is 6.30. The molecule has 0 heterocycles. The fourth-order valence-electron chi connectivity index (χ4n) is 1.98. The third kappa shape index (κ3) is 3.90. The minimum absolute atomic E-state index is 0.122. The predicted octanol–water partition coefficient (Wildman–Crippen LogP) is 3.31. The average molecular weight is 250 g/mol. The molecule has 1 amide bonds. The van der Waals surface area contributed by atoms with E-state index in [9.17, 15) is 4.79 Å². The lowest BCUT2D eigenvalue weighted by Crippen LogP contribution is -2.24. The van der Waals surface area contributed by atoms with Gasteiger partial charge in [0.15, 0.2) is 0 Å². The van der Waals surface area contributed by atoms with Crippen LogP contribution in [0, 0.1) is 5.92 Å². The van der Waals surface area contributed by atoms with Gasteiger partial charge in [0.25, 0.3) is 0 Å². The first-order valence-corrected chi connectivity index (χ1v) is 6.29. The standard InChI is InChI=1S/C14H16ClNO/c15-13-7-5-12(6-8-13)10-16-14(17)9-11-3-1-2-4-11/h1,3,5-8,11H,2,4,9-10H2,(H,16,17)/t11-/m1/s1. The molecule has 17 heavy (non-hydrogen) atoms. The van der Waals surface area contributed by atoms with Gasteiger partial charge in [0.1, 0.15) is 0 Å². The second-order valence-electron chi connectivity index (χ2n) is 4.37. The molecular weight excluding hydrogens is 234 g/mol. The Morgan fingerprint density at radius 3 is 2.76 bits per heavy atom. The van der Waals surface area contributed by atoms with Crippen LogP contribution >= 0.6 is 11.6 Å². The van der Waals surface area contributed by atoms with Crippen LogP contribution in [0.3, 0.4) is 0 Å². The molecule has 0 unspecified atom stereocenters. The first-order chi connectivity index (χ1) is 8.24. The Kier molecular flexibility index (Phi) is 4.21. The van der Waals surface area contributed by atoms with E-state index in [2.05, 4.69) is 17.5 Å². The molecule has 1 N–H and O–H groups in total. The van der Waals surface area contributed by atoms with Crippen molar-refractivity contribution in [3.05, 3.63) is 47.0 Å². The topological polar surface area (TPSA) is 29.1 Å². The van der Waals surface area contributed by atoms with E-state index in [4.69, 9.17) is 11.6 Å². The van der Waals surface area contributed by atoms with Gasteiger partial charge in [-0.1, -0.05) is 35.9 Å². The molecule has 2 nitrogen and oxygen atoms in total. The quantitative estimate of drug-likeness (QED) is 0.815. The lowest BCUT2D eigenvalue weighted by atomic mass is 10.1. The van der Waals surface area contributed by atoms with Crippen molar-refractivity contribution in [2.45, 2.75) is 25.8 Å². The van der Waals surface area contributed by atoms with Gasteiger partial charge in [0.05, 0.1) is 0 Å². The van der Waals surface area contributed by atoms with Crippen LogP contribution in [0.1, 0.15) is 24.8 Å². The van der Waals surface area contributed by atoms with Crippen LogP contribution in [0.5, 0.6) is 0 Å². The maximum absolute atomic E-state index is 11.7. The van der Waals surface area contributed by atoms with E-state index in [0.717, 1.165) is 23.4 Å². The minimum atomic E-state index is 0.122. The smallest absolute Gasteiger partial charge is 0.220 e. The second kappa shape index (κ2) is 5.87. The first-order valence-electron chi connectivity index (χ1n) is 5.92. The fourth-order valence-corrected chi connectivity index (χ4v) is 2.10. The Morgan fingerprint density at radius 2 is 2.12 bits per heavy atom. The van der Waals surface area contributed by atoms with Crippen molar-refractivity contribution in [3.63, 3.8) is 0 Å². The lowest BCUT2D eigenvalue weighted by molar-refractivity contribution is -0.121. The Bertz CT molecular complexity index is 411. The lowest BCUT2D eigenvalue weighted by Gasteiger charge is -2.08. The van der Waals surface area contributed by atoms with Gasteiger partial charge in [-0.05, 0) is 36.5 Å². The molecule has 0 fully saturated rings. The molecule has 3 heteroatoms. The summed E-state index contributed by atoms with van der Waals surface area (Å²) in [5.74, 6) is 0.553. The Hall–Kier alpha value is -1.28. The van der Waals surface area contributed by atoms with Crippen molar-refractivity contribution in [1.82, 2.24) is 5.32 Å². The molecule has 0 spiro atoms. The summed E-state index contributed by atoms with van der Waals surface area (Å²) in [6, 6.07) is 7.53. The van der Waals surface area contributed by atoms with Crippen molar-refractivity contribution in [3.8, 4) is 0 Å². The number of benzene rings is 1. The molecule has 0 aromatic heterocycles. The molecule has 1 aromatic carbocycles. The highest BCUT2D eigenvalue weighted by Gasteiger charge is 2.13. The SMILES string of the molecule is O=C(C[C@@H]1C=CCC1)NCc1ccc(Cl)cc1. The van der Waals surface area contributed by atoms with Crippen LogP contribution in [-0.2, 0) is 11.3 Å². The second-order valence-corrected chi connectivity index (χ2v) is 4.81. The molecule has 0 aliphatic heterocycles. The molecule has 1 aromatic rings. The summed E-state index contributed by atoms with van der Waals surface area (Å²) >= 11 is 5.79. The summed E-state index contributed by atoms with van der Waals surface area (Å²) in [6.07, 6.45) is 7.10. The van der Waals surface area contributed by atoms with Crippen molar-refractivity contribution in [1.29, 1.82) is 0 Å². The minimum Gasteiger partial charge on any atom is -0.352 e. The molecule has 0 radical (unpaired) electrons. The van der Waals surface area contributed by atoms with Gasteiger partial charge >= 0.3 is 0 Å². The monoisotopic (exact) mass is 249 g/mol. The zero-order chi connectivity index (χ0) is 12.1. The summed E-state index contributed by atoms with van der Waals surface area (Å²) in [4.78, 5) is 11.7. The molecule has 1 aliphatic carbocycles. The number of nitrogens with one attached hydrogen (secondary N) is 1. The van der Waals surface area contributed by atoms with E-state index >= 15 is 0 Å². The summed E-state index contributed by atoms with van der Waals surface area (Å²) in [5, 5.41) is 3.65. The zero-order valence-corrected chi connectivity index (χ0v) is 10.4. The molecule has 1 atom stereocenters. The number of carbonyl (C=O) groups excluding carboxylic acids is 1. The number of amides is 1. The van der Waals surface area contributed by atoms with E-state index in [1.165, 1.54) is 0 Å². The molecular formula is C14H16ClNO. The fraction of sp³-hybridized carbons (Fsp3) is 0.357. The van der Waals surface area contributed by atoms with E-state index in [0.29, 0.717) is 18.9 Å². The largest absolute Gasteiger partial charge is 0.352 e. The molecule has 2 rings (SSSR count). The van der Waals surface area contributed by atoms with Gasteiger partial charge in [-0.2, -0.15) is 0 Å². The van der Waals surface area contributed by atoms with E-state index in [1.807, 2.05) is 24.3 Å². The number of rotatable bonds is 4. The Labute approximate surface area is 107 Å². The van der Waals surface area contributed by atoms with Crippen LogP contribution in [0.2, 0.25) is 5.02 Å². The summed E-state index contributed by atoms with van der Waals surface area (Å²) in [6.45, 7) is 0.576.